The van der Waals surface area contributed by atoms with Gasteiger partial charge in [-0.1, -0.05) is 60.7 Å². The number of nitrogens with zero attached hydrogens (tertiary/aromatic N) is 1. The minimum atomic E-state index is -3.87. The van der Waals surface area contributed by atoms with Gasteiger partial charge in [-0.2, -0.15) is 0 Å². The molecule has 0 saturated carbocycles. The summed E-state index contributed by atoms with van der Waals surface area (Å²) in [6.45, 7) is 0.424. The van der Waals surface area contributed by atoms with Gasteiger partial charge in [0.25, 0.3) is 10.0 Å². The van der Waals surface area contributed by atoms with Gasteiger partial charge in [0.1, 0.15) is 0 Å². The SMILES string of the molecule is NCc1ccc(N=C(c2ccccc2)c2c(O)[nH]c3ccc(S(=O)(=O)Nc4ccccc4)cc23)cc1. The van der Waals surface area contributed by atoms with Gasteiger partial charge in [0.2, 0.25) is 0 Å². The second-order valence-electron chi connectivity index (χ2n) is 8.22. The Hall–Kier alpha value is -4.40. The number of fused-ring (bicyclic) bond motifs is 1. The molecule has 0 radical (unpaired) electrons. The van der Waals surface area contributed by atoms with E-state index in [0.717, 1.165) is 11.1 Å². The van der Waals surface area contributed by atoms with Crippen LogP contribution in [0.4, 0.5) is 11.4 Å². The molecule has 7 nitrogen and oxygen atoms in total. The standard InChI is InChI=1S/C28H24N4O3S/c29-18-19-11-13-21(14-12-19)30-27(20-7-3-1-4-8-20)26-24-17-23(15-16-25(24)31-28(26)33)36(34,35)32-22-9-5-2-6-10-22/h1-17,31-33H,18,29H2. The maximum Gasteiger partial charge on any atom is 0.261 e. The molecule has 180 valence electrons. The van der Waals surface area contributed by atoms with E-state index in [4.69, 9.17) is 10.7 Å². The summed E-state index contributed by atoms with van der Waals surface area (Å²) >= 11 is 0. The molecule has 4 aromatic carbocycles. The Balaban J connectivity index is 1.66. The molecule has 0 unspecified atom stereocenters. The molecule has 0 aliphatic carbocycles. The van der Waals surface area contributed by atoms with Gasteiger partial charge in [0.05, 0.1) is 21.9 Å². The van der Waals surface area contributed by atoms with Crippen molar-refractivity contribution in [3.05, 3.63) is 120 Å². The summed E-state index contributed by atoms with van der Waals surface area (Å²) in [5.41, 5.74) is 10.1. The lowest BCUT2D eigenvalue weighted by atomic mass is 10.0. The Bertz CT molecular complexity index is 1640. The number of nitrogens with one attached hydrogen (secondary N) is 2. The highest BCUT2D eigenvalue weighted by Crippen LogP contribution is 2.33. The molecule has 0 fully saturated rings. The maximum absolute atomic E-state index is 13.1. The average Bonchev–Trinajstić information content (AvgIpc) is 3.23. The molecule has 5 aromatic rings. The van der Waals surface area contributed by atoms with E-state index < -0.39 is 10.0 Å². The summed E-state index contributed by atoms with van der Waals surface area (Å²) < 4.78 is 28.9. The first-order chi connectivity index (χ1) is 17.4. The fraction of sp³-hybridized carbons (Fsp3) is 0.0357. The van der Waals surface area contributed by atoms with Crippen LogP contribution in [0.25, 0.3) is 10.9 Å². The molecule has 0 amide bonds. The second-order valence-corrected chi connectivity index (χ2v) is 9.91. The molecule has 36 heavy (non-hydrogen) atoms. The van der Waals surface area contributed by atoms with Crippen LogP contribution in [0.5, 0.6) is 5.88 Å². The Morgan fingerprint density at radius 3 is 2.22 bits per heavy atom. The molecule has 5 rings (SSSR count). The van der Waals surface area contributed by atoms with Crippen LogP contribution in [0.3, 0.4) is 0 Å². The predicted octanol–water partition coefficient (Wildman–Crippen LogP) is 5.30. The fourth-order valence-corrected chi connectivity index (χ4v) is 5.06. The average molecular weight is 497 g/mol. The Kier molecular flexibility index (Phi) is 6.28. The van der Waals surface area contributed by atoms with Gasteiger partial charge in [0, 0.05) is 28.7 Å². The van der Waals surface area contributed by atoms with Gasteiger partial charge in [-0.05, 0) is 48.0 Å². The van der Waals surface area contributed by atoms with Gasteiger partial charge in [-0.15, -0.1) is 0 Å². The lowest BCUT2D eigenvalue weighted by molar-refractivity contribution is 0.457. The van der Waals surface area contributed by atoms with Crippen LogP contribution >= 0.6 is 0 Å². The number of rotatable bonds is 7. The maximum atomic E-state index is 13.1. The number of hydrogen-bond donors (Lipinski definition) is 4. The number of nitrogens with two attached hydrogens (primary N) is 1. The third kappa shape index (κ3) is 4.72. The van der Waals surface area contributed by atoms with Crippen LogP contribution in [0.2, 0.25) is 0 Å². The van der Waals surface area contributed by atoms with Crippen molar-refractivity contribution in [3.63, 3.8) is 0 Å². The lowest BCUT2D eigenvalue weighted by Gasteiger charge is -2.10. The largest absolute Gasteiger partial charge is 0.494 e. The topological polar surface area (TPSA) is 121 Å². The highest BCUT2D eigenvalue weighted by atomic mass is 32.2. The lowest BCUT2D eigenvalue weighted by Crippen LogP contribution is -2.12. The number of hydrogen-bond acceptors (Lipinski definition) is 5. The zero-order valence-corrected chi connectivity index (χ0v) is 20.0. The van der Waals surface area contributed by atoms with Crippen molar-refractivity contribution in [1.29, 1.82) is 0 Å². The summed E-state index contributed by atoms with van der Waals surface area (Å²) in [4.78, 5) is 7.87. The van der Waals surface area contributed by atoms with Crippen LogP contribution in [0.1, 0.15) is 16.7 Å². The summed E-state index contributed by atoms with van der Waals surface area (Å²) in [6.07, 6.45) is 0. The normalized spacial score (nSPS) is 12.1. The van der Waals surface area contributed by atoms with Crippen LogP contribution in [-0.4, -0.2) is 24.2 Å². The number of H-pyrrole nitrogens is 1. The van der Waals surface area contributed by atoms with E-state index in [9.17, 15) is 13.5 Å². The highest BCUT2D eigenvalue weighted by molar-refractivity contribution is 7.92. The highest BCUT2D eigenvalue weighted by Gasteiger charge is 2.22. The van der Waals surface area contributed by atoms with Crippen molar-refractivity contribution >= 4 is 38.0 Å². The molecular weight excluding hydrogens is 472 g/mol. The summed E-state index contributed by atoms with van der Waals surface area (Å²) in [5, 5.41) is 11.5. The van der Waals surface area contributed by atoms with Gasteiger partial charge in [-0.3, -0.25) is 4.72 Å². The van der Waals surface area contributed by atoms with Gasteiger partial charge < -0.3 is 15.8 Å². The first-order valence-corrected chi connectivity index (χ1v) is 12.8. The molecule has 0 aliphatic heterocycles. The number of aromatic nitrogens is 1. The molecule has 0 bridgehead atoms. The number of benzene rings is 4. The van der Waals surface area contributed by atoms with E-state index in [1.54, 1.807) is 36.4 Å². The fourth-order valence-electron chi connectivity index (χ4n) is 3.98. The predicted molar refractivity (Wildman–Crippen MR) is 143 cm³/mol. The monoisotopic (exact) mass is 496 g/mol. The number of para-hydroxylation sites is 1. The van der Waals surface area contributed by atoms with Crippen LogP contribution in [0.15, 0.2) is 113 Å². The van der Waals surface area contributed by atoms with E-state index in [-0.39, 0.29) is 10.8 Å². The molecule has 5 N–H and O–H groups in total. The van der Waals surface area contributed by atoms with Gasteiger partial charge >= 0.3 is 0 Å². The number of anilines is 1. The minimum absolute atomic E-state index is 0.0683. The summed E-state index contributed by atoms with van der Waals surface area (Å²) in [6, 6.07) is 30.3. The van der Waals surface area contributed by atoms with E-state index in [2.05, 4.69) is 9.71 Å². The molecule has 1 heterocycles. The van der Waals surface area contributed by atoms with E-state index >= 15 is 0 Å². The number of aliphatic imine (C=N–C) groups is 1. The Morgan fingerprint density at radius 2 is 1.56 bits per heavy atom. The first-order valence-electron chi connectivity index (χ1n) is 11.3. The summed E-state index contributed by atoms with van der Waals surface area (Å²) in [5.74, 6) is -0.100. The van der Waals surface area contributed by atoms with E-state index in [1.807, 2.05) is 60.7 Å². The molecular formula is C28H24N4O3S. The molecule has 0 spiro atoms. The molecule has 0 saturated heterocycles. The molecule has 0 aliphatic rings. The zero-order valence-electron chi connectivity index (χ0n) is 19.2. The third-order valence-corrected chi connectivity index (χ3v) is 7.16. The van der Waals surface area contributed by atoms with Crippen molar-refractivity contribution in [2.45, 2.75) is 11.4 Å². The van der Waals surface area contributed by atoms with E-state index in [0.29, 0.717) is 40.1 Å². The molecule has 8 heteroatoms. The van der Waals surface area contributed by atoms with Crippen molar-refractivity contribution in [2.75, 3.05) is 4.72 Å². The third-order valence-electron chi connectivity index (χ3n) is 5.78. The van der Waals surface area contributed by atoms with Crippen LogP contribution in [0, 0.1) is 0 Å². The van der Waals surface area contributed by atoms with Crippen molar-refractivity contribution in [3.8, 4) is 5.88 Å². The Labute approximate surface area is 209 Å². The van der Waals surface area contributed by atoms with Crippen LogP contribution < -0.4 is 10.5 Å². The number of sulfonamides is 1. The number of aromatic hydroxyl groups is 1. The Morgan fingerprint density at radius 1 is 0.889 bits per heavy atom. The van der Waals surface area contributed by atoms with Gasteiger partial charge in [0.15, 0.2) is 5.88 Å². The van der Waals surface area contributed by atoms with Crippen molar-refractivity contribution in [2.24, 2.45) is 10.7 Å². The van der Waals surface area contributed by atoms with Gasteiger partial charge in [-0.25, -0.2) is 13.4 Å². The molecule has 0 atom stereocenters. The smallest absolute Gasteiger partial charge is 0.261 e. The first kappa shape index (κ1) is 23.3. The summed E-state index contributed by atoms with van der Waals surface area (Å²) in [7, 11) is -3.87. The van der Waals surface area contributed by atoms with E-state index in [1.165, 1.54) is 6.07 Å². The van der Waals surface area contributed by atoms with Crippen molar-refractivity contribution in [1.82, 2.24) is 4.98 Å². The quantitative estimate of drug-likeness (QED) is 0.228. The minimum Gasteiger partial charge on any atom is -0.494 e. The van der Waals surface area contributed by atoms with Crippen molar-refractivity contribution < 1.29 is 13.5 Å². The second kappa shape index (κ2) is 9.69. The number of aromatic amines is 1. The zero-order chi connectivity index (χ0) is 25.1. The van der Waals surface area contributed by atoms with Crippen LogP contribution in [-0.2, 0) is 16.6 Å². The molecule has 1 aromatic heterocycles.